The summed E-state index contributed by atoms with van der Waals surface area (Å²) in [7, 11) is 0. The zero-order valence-electron chi connectivity index (χ0n) is 12.2. The van der Waals surface area contributed by atoms with Crippen molar-refractivity contribution in [2.75, 3.05) is 6.61 Å². The van der Waals surface area contributed by atoms with Gasteiger partial charge >= 0.3 is 11.7 Å². The van der Waals surface area contributed by atoms with Crippen LogP contribution in [0, 0.1) is 24.0 Å². The van der Waals surface area contributed by atoms with Crippen LogP contribution in [0.2, 0.25) is 0 Å². The third kappa shape index (κ3) is 4.32. The summed E-state index contributed by atoms with van der Waals surface area (Å²) in [4.78, 5) is 21.6. The fraction of sp³-hybridized carbons (Fsp3) is 0.692. The number of nitro groups is 1. The Kier molecular flexibility index (Phi) is 6.14. The summed E-state index contributed by atoms with van der Waals surface area (Å²) in [6.45, 7) is 6.17. The van der Waals surface area contributed by atoms with Gasteiger partial charge in [-0.3, -0.25) is 19.6 Å². The average Bonchev–Trinajstić information content (AvgIpc) is 2.64. The lowest BCUT2D eigenvalue weighted by Crippen LogP contribution is -2.05. The van der Waals surface area contributed by atoms with Gasteiger partial charge in [-0.2, -0.15) is 5.10 Å². The fourth-order valence-electron chi connectivity index (χ4n) is 2.11. The predicted octanol–water partition coefficient (Wildman–Crippen LogP) is 2.53. The summed E-state index contributed by atoms with van der Waals surface area (Å²) in [6, 6.07) is 0. The number of carbonyl (C=O) groups excluding carboxylic acids is 1. The molecule has 1 rings (SSSR count). The van der Waals surface area contributed by atoms with Crippen molar-refractivity contribution in [1.29, 1.82) is 0 Å². The third-order valence-electron chi connectivity index (χ3n) is 3.08. The Morgan fingerprint density at radius 2 is 2.05 bits per heavy atom. The second-order valence-electron chi connectivity index (χ2n) is 4.62. The minimum Gasteiger partial charge on any atom is -0.466 e. The molecule has 1 heterocycles. The summed E-state index contributed by atoms with van der Waals surface area (Å²) in [5, 5.41) is 15.0. The van der Waals surface area contributed by atoms with Gasteiger partial charge in [-0.1, -0.05) is 6.42 Å². The first-order valence-electron chi connectivity index (χ1n) is 6.81. The van der Waals surface area contributed by atoms with Crippen molar-refractivity contribution in [2.24, 2.45) is 0 Å². The average molecular weight is 283 g/mol. The molecule has 0 amide bonds. The Bertz CT molecular complexity index is 482. The molecule has 0 unspecified atom stereocenters. The van der Waals surface area contributed by atoms with Crippen LogP contribution in [0.5, 0.6) is 0 Å². The molecule has 1 aromatic heterocycles. The lowest BCUT2D eigenvalue weighted by atomic mass is 10.2. The molecule has 0 atom stereocenters. The van der Waals surface area contributed by atoms with Gasteiger partial charge in [0.15, 0.2) is 0 Å². The summed E-state index contributed by atoms with van der Waals surface area (Å²) in [5.74, 6) is -0.172. The van der Waals surface area contributed by atoms with Crippen molar-refractivity contribution in [3.63, 3.8) is 0 Å². The number of unbranched alkanes of at least 4 members (excludes halogenated alkanes) is 2. The second-order valence-corrected chi connectivity index (χ2v) is 4.62. The molecule has 0 N–H and O–H groups in total. The van der Waals surface area contributed by atoms with Crippen molar-refractivity contribution in [1.82, 2.24) is 9.78 Å². The minimum atomic E-state index is -0.394. The Labute approximate surface area is 118 Å². The molecule has 0 bridgehead atoms. The highest BCUT2D eigenvalue weighted by molar-refractivity contribution is 5.69. The second kappa shape index (κ2) is 7.62. The molecule has 20 heavy (non-hydrogen) atoms. The van der Waals surface area contributed by atoms with Crippen molar-refractivity contribution < 1.29 is 14.5 Å². The van der Waals surface area contributed by atoms with Crippen LogP contribution in [-0.4, -0.2) is 27.3 Å². The maximum atomic E-state index is 11.1. The topological polar surface area (TPSA) is 87.3 Å². The van der Waals surface area contributed by atoms with E-state index >= 15 is 0 Å². The number of hydrogen-bond donors (Lipinski definition) is 0. The Morgan fingerprint density at radius 1 is 1.35 bits per heavy atom. The molecule has 112 valence electrons. The lowest BCUT2D eigenvalue weighted by molar-refractivity contribution is -0.386. The number of hydrogen-bond acceptors (Lipinski definition) is 5. The van der Waals surface area contributed by atoms with Crippen LogP contribution in [0.4, 0.5) is 5.69 Å². The van der Waals surface area contributed by atoms with Crippen molar-refractivity contribution in [3.8, 4) is 0 Å². The highest BCUT2D eigenvalue weighted by atomic mass is 16.6. The number of carbonyl (C=O) groups is 1. The van der Waals surface area contributed by atoms with Gasteiger partial charge in [0.25, 0.3) is 0 Å². The number of esters is 1. The number of ether oxygens (including phenoxy) is 1. The van der Waals surface area contributed by atoms with Crippen LogP contribution >= 0.6 is 0 Å². The van der Waals surface area contributed by atoms with Gasteiger partial charge in [0, 0.05) is 13.0 Å². The first kappa shape index (κ1) is 16.1. The van der Waals surface area contributed by atoms with E-state index in [1.54, 1.807) is 25.5 Å². The van der Waals surface area contributed by atoms with E-state index in [0.29, 0.717) is 31.0 Å². The Hall–Kier alpha value is -1.92. The van der Waals surface area contributed by atoms with E-state index in [-0.39, 0.29) is 11.7 Å². The maximum absolute atomic E-state index is 11.1. The summed E-state index contributed by atoms with van der Waals surface area (Å²) in [6.07, 6.45) is 2.88. The molecule has 0 fully saturated rings. The van der Waals surface area contributed by atoms with E-state index in [1.807, 2.05) is 0 Å². The molecule has 0 saturated heterocycles. The van der Waals surface area contributed by atoms with Gasteiger partial charge in [0.1, 0.15) is 11.4 Å². The molecule has 7 nitrogen and oxygen atoms in total. The van der Waals surface area contributed by atoms with Crippen molar-refractivity contribution in [3.05, 3.63) is 21.5 Å². The molecule has 0 aliphatic rings. The van der Waals surface area contributed by atoms with Gasteiger partial charge in [-0.25, -0.2) is 0 Å². The van der Waals surface area contributed by atoms with E-state index in [0.717, 1.165) is 19.3 Å². The van der Waals surface area contributed by atoms with E-state index in [4.69, 9.17) is 4.74 Å². The Balaban J connectivity index is 2.38. The van der Waals surface area contributed by atoms with Crippen LogP contribution < -0.4 is 0 Å². The van der Waals surface area contributed by atoms with Crippen molar-refractivity contribution in [2.45, 2.75) is 53.0 Å². The summed E-state index contributed by atoms with van der Waals surface area (Å²) < 4.78 is 6.50. The monoisotopic (exact) mass is 283 g/mol. The molecule has 0 aliphatic carbocycles. The van der Waals surface area contributed by atoms with E-state index in [2.05, 4.69) is 5.10 Å². The van der Waals surface area contributed by atoms with E-state index < -0.39 is 4.92 Å². The molecule has 0 aromatic carbocycles. The van der Waals surface area contributed by atoms with Gasteiger partial charge in [0.2, 0.25) is 0 Å². The van der Waals surface area contributed by atoms with Crippen LogP contribution in [-0.2, 0) is 16.1 Å². The quantitative estimate of drug-likeness (QED) is 0.316. The van der Waals surface area contributed by atoms with Crippen LogP contribution in [0.3, 0.4) is 0 Å². The Morgan fingerprint density at radius 3 is 2.60 bits per heavy atom. The van der Waals surface area contributed by atoms with Gasteiger partial charge in [0.05, 0.1) is 11.5 Å². The van der Waals surface area contributed by atoms with Gasteiger partial charge in [-0.15, -0.1) is 0 Å². The van der Waals surface area contributed by atoms with E-state index in [1.165, 1.54) is 0 Å². The molecule has 1 aromatic rings. The van der Waals surface area contributed by atoms with Gasteiger partial charge < -0.3 is 4.74 Å². The summed E-state index contributed by atoms with van der Waals surface area (Å²) in [5.41, 5.74) is 1.12. The summed E-state index contributed by atoms with van der Waals surface area (Å²) >= 11 is 0. The highest BCUT2D eigenvalue weighted by Gasteiger charge is 2.21. The number of aryl methyl sites for hydroxylation is 2. The largest absolute Gasteiger partial charge is 0.466 e. The van der Waals surface area contributed by atoms with Crippen molar-refractivity contribution >= 4 is 11.7 Å². The maximum Gasteiger partial charge on any atom is 0.312 e. The zero-order valence-corrected chi connectivity index (χ0v) is 12.2. The first-order valence-corrected chi connectivity index (χ1v) is 6.81. The SMILES string of the molecule is CCOC(=O)CCCCCn1nc(C)c([N+](=O)[O-])c1C. The third-order valence-corrected chi connectivity index (χ3v) is 3.08. The van der Waals surface area contributed by atoms with E-state index in [9.17, 15) is 14.9 Å². The zero-order chi connectivity index (χ0) is 15.1. The molecule has 0 aliphatic heterocycles. The fourth-order valence-corrected chi connectivity index (χ4v) is 2.11. The van der Waals surface area contributed by atoms with Crippen LogP contribution in [0.15, 0.2) is 0 Å². The smallest absolute Gasteiger partial charge is 0.312 e. The lowest BCUT2D eigenvalue weighted by Gasteiger charge is -2.04. The molecule has 7 heteroatoms. The molecule has 0 saturated carbocycles. The standard InChI is InChI=1S/C13H21N3O4/c1-4-20-12(17)8-6-5-7-9-15-11(3)13(16(18)19)10(2)14-15/h4-9H2,1-3H3. The molecular weight excluding hydrogens is 262 g/mol. The minimum absolute atomic E-state index is 0.0940. The van der Waals surface area contributed by atoms with Crippen LogP contribution in [0.25, 0.3) is 0 Å². The van der Waals surface area contributed by atoms with Gasteiger partial charge in [-0.05, 0) is 33.6 Å². The highest BCUT2D eigenvalue weighted by Crippen LogP contribution is 2.22. The normalized spacial score (nSPS) is 10.6. The predicted molar refractivity (Wildman–Crippen MR) is 73.5 cm³/mol. The molecule has 0 radical (unpaired) electrons. The number of aromatic nitrogens is 2. The number of rotatable bonds is 8. The first-order chi connectivity index (χ1) is 9.47. The van der Waals surface area contributed by atoms with Crippen LogP contribution in [0.1, 0.15) is 44.0 Å². The molecular formula is C13H21N3O4. The molecule has 0 spiro atoms. The number of nitrogens with zero attached hydrogens (tertiary/aromatic N) is 3.